The fraction of sp³-hybridized carbons (Fsp3) is 0.346. The van der Waals surface area contributed by atoms with Crippen molar-refractivity contribution in [3.63, 3.8) is 0 Å². The minimum absolute atomic E-state index is 0.0375. The number of carbonyl (C=O) groups excluding carboxylic acids is 1. The molecule has 2 aromatic heterocycles. The molecular formula is C26H30N4O. The maximum atomic E-state index is 13.3. The molecule has 1 aliphatic rings. The van der Waals surface area contributed by atoms with Gasteiger partial charge in [0.05, 0.1) is 11.6 Å². The first kappa shape index (κ1) is 21.2. The topological polar surface area (TPSA) is 49.3 Å². The fourth-order valence-electron chi connectivity index (χ4n) is 4.28. The molecule has 1 atom stereocenters. The Morgan fingerprint density at radius 2 is 1.71 bits per heavy atom. The summed E-state index contributed by atoms with van der Waals surface area (Å²) in [5.74, 6) is 0.244. The van der Waals surface area contributed by atoms with Gasteiger partial charge in [-0.05, 0) is 53.8 Å². The van der Waals surface area contributed by atoms with Crippen LogP contribution in [0.2, 0.25) is 0 Å². The molecule has 3 aromatic rings. The second kappa shape index (κ2) is 10.3. The van der Waals surface area contributed by atoms with Crippen molar-refractivity contribution in [2.24, 2.45) is 5.92 Å². The van der Waals surface area contributed by atoms with Crippen molar-refractivity contribution in [1.82, 2.24) is 19.8 Å². The molecule has 1 aliphatic heterocycles. The van der Waals surface area contributed by atoms with Crippen LogP contribution in [0, 0.1) is 5.92 Å². The Labute approximate surface area is 184 Å². The molecule has 5 nitrogen and oxygen atoms in total. The Hall–Kier alpha value is -3.05. The van der Waals surface area contributed by atoms with Gasteiger partial charge in [-0.15, -0.1) is 0 Å². The summed E-state index contributed by atoms with van der Waals surface area (Å²) < 4.78 is 0. The predicted molar refractivity (Wildman–Crippen MR) is 123 cm³/mol. The average molecular weight is 415 g/mol. The van der Waals surface area contributed by atoms with Crippen LogP contribution in [0.1, 0.15) is 24.6 Å². The van der Waals surface area contributed by atoms with Crippen LogP contribution >= 0.6 is 0 Å². The summed E-state index contributed by atoms with van der Waals surface area (Å²) >= 11 is 0. The molecule has 160 valence electrons. The second-order valence-corrected chi connectivity index (χ2v) is 8.22. The van der Waals surface area contributed by atoms with E-state index in [0.29, 0.717) is 0 Å². The lowest BCUT2D eigenvalue weighted by atomic mass is 9.95. The first-order chi connectivity index (χ1) is 15.2. The van der Waals surface area contributed by atoms with Gasteiger partial charge in [-0.1, -0.05) is 37.3 Å². The van der Waals surface area contributed by atoms with Gasteiger partial charge >= 0.3 is 0 Å². The maximum absolute atomic E-state index is 13.3. The molecule has 1 fully saturated rings. The third kappa shape index (κ3) is 5.56. The van der Waals surface area contributed by atoms with E-state index in [1.54, 1.807) is 0 Å². The van der Waals surface area contributed by atoms with Gasteiger partial charge in [-0.3, -0.25) is 19.7 Å². The minimum atomic E-state index is -0.0375. The number of aromatic nitrogens is 2. The lowest BCUT2D eigenvalue weighted by Gasteiger charge is -2.24. The van der Waals surface area contributed by atoms with E-state index in [9.17, 15) is 4.79 Å². The molecule has 0 N–H and O–H groups in total. The summed E-state index contributed by atoms with van der Waals surface area (Å²) in [6, 6.07) is 18.6. The van der Waals surface area contributed by atoms with E-state index in [2.05, 4.69) is 57.0 Å². The zero-order valence-electron chi connectivity index (χ0n) is 18.2. The summed E-state index contributed by atoms with van der Waals surface area (Å²) in [6.45, 7) is 6.19. The molecule has 1 aromatic carbocycles. The van der Waals surface area contributed by atoms with Crippen LogP contribution in [0.3, 0.4) is 0 Å². The molecule has 0 unspecified atom stereocenters. The Bertz CT molecular complexity index is 960. The van der Waals surface area contributed by atoms with E-state index >= 15 is 0 Å². The van der Waals surface area contributed by atoms with Crippen LogP contribution in [0.25, 0.3) is 11.1 Å². The molecule has 0 saturated carbocycles. The number of benzene rings is 1. The van der Waals surface area contributed by atoms with Gasteiger partial charge in [0, 0.05) is 51.3 Å². The number of rotatable bonds is 7. The normalized spacial score (nSPS) is 17.5. The molecule has 0 aliphatic carbocycles. The van der Waals surface area contributed by atoms with Gasteiger partial charge in [0.25, 0.3) is 0 Å². The van der Waals surface area contributed by atoms with Crippen molar-refractivity contribution in [2.75, 3.05) is 26.2 Å². The van der Waals surface area contributed by atoms with E-state index in [0.717, 1.165) is 56.8 Å². The van der Waals surface area contributed by atoms with Crippen molar-refractivity contribution in [3.05, 3.63) is 84.4 Å². The van der Waals surface area contributed by atoms with E-state index in [4.69, 9.17) is 0 Å². The van der Waals surface area contributed by atoms with Gasteiger partial charge < -0.3 is 4.90 Å². The lowest BCUT2D eigenvalue weighted by molar-refractivity contribution is -0.134. The predicted octanol–water partition coefficient (Wildman–Crippen LogP) is 4.06. The summed E-state index contributed by atoms with van der Waals surface area (Å²) in [4.78, 5) is 26.3. The molecule has 0 bridgehead atoms. The third-order valence-corrected chi connectivity index (χ3v) is 5.88. The Morgan fingerprint density at radius 3 is 2.42 bits per heavy atom. The highest BCUT2D eigenvalue weighted by atomic mass is 16.2. The summed E-state index contributed by atoms with van der Waals surface area (Å²) in [6.07, 6.45) is 7.20. The Morgan fingerprint density at radius 1 is 0.935 bits per heavy atom. The highest BCUT2D eigenvalue weighted by molar-refractivity contribution is 5.79. The molecule has 4 rings (SSSR count). The SMILES string of the molecule is CCCN1CCN(Cc2ccccn2)C[C@@H](Cc2ccc(-c3ccncc3)cc2)C1=O. The average Bonchev–Trinajstić information content (AvgIpc) is 2.95. The molecule has 5 heteroatoms. The highest BCUT2D eigenvalue weighted by Crippen LogP contribution is 2.22. The highest BCUT2D eigenvalue weighted by Gasteiger charge is 2.30. The van der Waals surface area contributed by atoms with Crippen LogP contribution in [0.4, 0.5) is 0 Å². The van der Waals surface area contributed by atoms with Crippen LogP contribution in [0.5, 0.6) is 0 Å². The summed E-state index contributed by atoms with van der Waals surface area (Å²) in [5.41, 5.74) is 4.58. The summed E-state index contributed by atoms with van der Waals surface area (Å²) in [5, 5.41) is 0. The molecule has 1 amide bonds. The zero-order valence-corrected chi connectivity index (χ0v) is 18.2. The van der Waals surface area contributed by atoms with Gasteiger partial charge in [0.2, 0.25) is 5.91 Å². The third-order valence-electron chi connectivity index (χ3n) is 5.88. The standard InChI is InChI=1S/C26H30N4O/c1-2-15-30-17-16-29(20-25-5-3-4-12-28-25)19-24(26(30)31)18-21-6-8-22(9-7-21)23-10-13-27-14-11-23/h3-14,24H,2,15-20H2,1H3/t24-/m1/s1. The van der Waals surface area contributed by atoms with Crippen molar-refractivity contribution >= 4 is 5.91 Å². The van der Waals surface area contributed by atoms with Crippen LogP contribution in [0.15, 0.2) is 73.2 Å². The van der Waals surface area contributed by atoms with Crippen LogP contribution in [-0.2, 0) is 17.8 Å². The largest absolute Gasteiger partial charge is 0.341 e. The molecule has 0 spiro atoms. The second-order valence-electron chi connectivity index (χ2n) is 8.22. The number of nitrogens with zero attached hydrogens (tertiary/aromatic N) is 4. The van der Waals surface area contributed by atoms with Crippen LogP contribution < -0.4 is 0 Å². The van der Waals surface area contributed by atoms with Crippen molar-refractivity contribution < 1.29 is 4.79 Å². The van der Waals surface area contributed by atoms with Crippen molar-refractivity contribution in [3.8, 4) is 11.1 Å². The maximum Gasteiger partial charge on any atom is 0.227 e. The number of hydrogen-bond donors (Lipinski definition) is 0. The van der Waals surface area contributed by atoms with Gasteiger partial charge in [0.15, 0.2) is 0 Å². The van der Waals surface area contributed by atoms with Gasteiger partial charge in [0.1, 0.15) is 0 Å². The number of hydrogen-bond acceptors (Lipinski definition) is 4. The lowest BCUT2D eigenvalue weighted by Crippen LogP contribution is -2.37. The van der Waals surface area contributed by atoms with E-state index in [1.165, 1.54) is 11.1 Å². The molecule has 3 heterocycles. The van der Waals surface area contributed by atoms with E-state index < -0.39 is 0 Å². The number of carbonyl (C=O) groups is 1. The molecular weight excluding hydrogens is 384 g/mol. The van der Waals surface area contributed by atoms with Crippen LogP contribution in [-0.4, -0.2) is 51.9 Å². The molecule has 31 heavy (non-hydrogen) atoms. The van der Waals surface area contributed by atoms with Crippen molar-refractivity contribution in [2.45, 2.75) is 26.3 Å². The van der Waals surface area contributed by atoms with E-state index in [1.807, 2.05) is 42.9 Å². The van der Waals surface area contributed by atoms with Gasteiger partial charge in [-0.2, -0.15) is 0 Å². The first-order valence-corrected chi connectivity index (χ1v) is 11.1. The molecule has 0 radical (unpaired) electrons. The Kier molecular flexibility index (Phi) is 7.05. The van der Waals surface area contributed by atoms with Crippen molar-refractivity contribution in [1.29, 1.82) is 0 Å². The van der Waals surface area contributed by atoms with E-state index in [-0.39, 0.29) is 11.8 Å². The quantitative estimate of drug-likeness (QED) is 0.585. The van der Waals surface area contributed by atoms with Gasteiger partial charge in [-0.25, -0.2) is 0 Å². The summed E-state index contributed by atoms with van der Waals surface area (Å²) in [7, 11) is 0. The minimum Gasteiger partial charge on any atom is -0.341 e. The fourth-order valence-corrected chi connectivity index (χ4v) is 4.28. The zero-order chi connectivity index (χ0) is 21.5. The number of pyridine rings is 2. The first-order valence-electron chi connectivity index (χ1n) is 11.1. The smallest absolute Gasteiger partial charge is 0.227 e. The monoisotopic (exact) mass is 414 g/mol. The number of amides is 1. The molecule has 1 saturated heterocycles. The Balaban J connectivity index is 1.49.